The molecule has 0 spiro atoms. The lowest BCUT2D eigenvalue weighted by atomic mass is 10.0. The van der Waals surface area contributed by atoms with Crippen LogP contribution in [0.1, 0.15) is 0 Å². The van der Waals surface area contributed by atoms with Crippen molar-refractivity contribution < 1.29 is 8.83 Å². The SMILES string of the molecule is c1ccc2c(c1)oc1c(-c3ccc4c(c3)oc3cc(-c5nccc6sc7ccccc7c56)ccc34)nccc12. The maximum Gasteiger partial charge on any atom is 0.161 e. The van der Waals surface area contributed by atoms with Gasteiger partial charge < -0.3 is 8.83 Å². The molecule has 4 aromatic carbocycles. The minimum atomic E-state index is 0.790. The van der Waals surface area contributed by atoms with Crippen LogP contribution in [0.15, 0.2) is 118 Å². The molecule has 0 N–H and O–H groups in total. The summed E-state index contributed by atoms with van der Waals surface area (Å²) in [5.41, 5.74) is 7.11. The summed E-state index contributed by atoms with van der Waals surface area (Å²) in [4.78, 5) is 9.50. The summed E-state index contributed by atoms with van der Waals surface area (Å²) in [5, 5.41) is 6.74. The molecule has 0 unspecified atom stereocenters. The van der Waals surface area contributed by atoms with Crippen molar-refractivity contribution in [2.45, 2.75) is 0 Å². The third-order valence-electron chi connectivity index (χ3n) is 7.60. The summed E-state index contributed by atoms with van der Waals surface area (Å²) in [6, 6.07) is 33.4. The second-order valence-corrected chi connectivity index (χ2v) is 10.9. The van der Waals surface area contributed by atoms with Crippen LogP contribution in [0, 0.1) is 0 Å². The highest BCUT2D eigenvalue weighted by atomic mass is 32.1. The van der Waals surface area contributed by atoms with Gasteiger partial charge in [0.05, 0.1) is 5.69 Å². The Hall–Kier alpha value is -5.00. The van der Waals surface area contributed by atoms with E-state index in [9.17, 15) is 0 Å². The van der Waals surface area contributed by atoms with Crippen LogP contribution in [0.5, 0.6) is 0 Å². The Morgan fingerprint density at radius 3 is 2.00 bits per heavy atom. The number of hydrogen-bond acceptors (Lipinski definition) is 5. The van der Waals surface area contributed by atoms with Gasteiger partial charge >= 0.3 is 0 Å². The monoisotopic (exact) mass is 518 g/mol. The summed E-state index contributed by atoms with van der Waals surface area (Å²) in [7, 11) is 0. The van der Waals surface area contributed by atoms with Crippen molar-refractivity contribution in [3.05, 3.63) is 109 Å². The molecule has 0 aliphatic heterocycles. The molecule has 0 radical (unpaired) electrons. The Morgan fingerprint density at radius 1 is 0.487 bits per heavy atom. The number of furan rings is 2. The Morgan fingerprint density at radius 2 is 1.15 bits per heavy atom. The number of hydrogen-bond donors (Lipinski definition) is 0. The van der Waals surface area contributed by atoms with Gasteiger partial charge in [0.2, 0.25) is 0 Å². The van der Waals surface area contributed by atoms with Gasteiger partial charge in [-0.1, -0.05) is 48.5 Å². The van der Waals surface area contributed by atoms with Gasteiger partial charge in [0.1, 0.15) is 22.4 Å². The van der Waals surface area contributed by atoms with E-state index in [1.54, 1.807) is 11.3 Å². The van der Waals surface area contributed by atoms with Crippen LogP contribution in [0.4, 0.5) is 0 Å². The smallest absolute Gasteiger partial charge is 0.161 e. The van der Waals surface area contributed by atoms with Crippen molar-refractivity contribution in [3.63, 3.8) is 0 Å². The number of rotatable bonds is 2. The molecular weight excluding hydrogens is 500 g/mol. The lowest BCUT2D eigenvalue weighted by Crippen LogP contribution is -1.84. The molecular formula is C34H18N2O2S. The van der Waals surface area contributed by atoms with Crippen molar-refractivity contribution in [1.29, 1.82) is 0 Å². The minimum Gasteiger partial charge on any atom is -0.456 e. The van der Waals surface area contributed by atoms with E-state index < -0.39 is 0 Å². The van der Waals surface area contributed by atoms with Crippen LogP contribution in [0.2, 0.25) is 0 Å². The van der Waals surface area contributed by atoms with E-state index in [1.165, 1.54) is 20.2 Å². The molecule has 0 aliphatic carbocycles. The molecule has 0 aliphatic rings. The van der Waals surface area contributed by atoms with Gasteiger partial charge in [-0.2, -0.15) is 0 Å². The zero-order chi connectivity index (χ0) is 25.5. The van der Waals surface area contributed by atoms with Crippen LogP contribution in [0.3, 0.4) is 0 Å². The van der Waals surface area contributed by atoms with E-state index in [2.05, 4.69) is 72.8 Å². The Kier molecular flexibility index (Phi) is 4.18. The fourth-order valence-electron chi connectivity index (χ4n) is 5.82. The normalized spacial score (nSPS) is 12.1. The quantitative estimate of drug-likeness (QED) is 0.228. The van der Waals surface area contributed by atoms with Gasteiger partial charge in [0.25, 0.3) is 0 Å². The van der Waals surface area contributed by atoms with E-state index in [0.29, 0.717) is 0 Å². The Balaban J connectivity index is 1.22. The molecule has 5 heterocycles. The van der Waals surface area contributed by atoms with Crippen molar-refractivity contribution in [3.8, 4) is 22.5 Å². The topological polar surface area (TPSA) is 52.1 Å². The zero-order valence-corrected chi connectivity index (χ0v) is 21.3. The third-order valence-corrected chi connectivity index (χ3v) is 8.74. The van der Waals surface area contributed by atoms with Crippen LogP contribution in [-0.4, -0.2) is 9.97 Å². The molecule has 5 heteroatoms. The number of pyridine rings is 2. The van der Waals surface area contributed by atoms with Crippen LogP contribution in [-0.2, 0) is 0 Å². The maximum absolute atomic E-state index is 6.45. The number of para-hydroxylation sites is 1. The van der Waals surface area contributed by atoms with Crippen LogP contribution < -0.4 is 0 Å². The number of aromatic nitrogens is 2. The van der Waals surface area contributed by atoms with Crippen LogP contribution >= 0.6 is 11.3 Å². The number of nitrogens with zero attached hydrogens (tertiary/aromatic N) is 2. The second kappa shape index (κ2) is 7.76. The highest BCUT2D eigenvalue weighted by molar-refractivity contribution is 7.25. The fraction of sp³-hybridized carbons (Fsp3) is 0. The predicted molar refractivity (Wildman–Crippen MR) is 160 cm³/mol. The first-order chi connectivity index (χ1) is 19.3. The molecule has 182 valence electrons. The molecule has 0 atom stereocenters. The maximum atomic E-state index is 6.45. The van der Waals surface area contributed by atoms with E-state index in [0.717, 1.165) is 66.4 Å². The van der Waals surface area contributed by atoms with Crippen molar-refractivity contribution >= 4 is 75.4 Å². The summed E-state index contributed by atoms with van der Waals surface area (Å²) in [6.07, 6.45) is 3.74. The first-order valence-corrected chi connectivity index (χ1v) is 13.6. The average molecular weight is 519 g/mol. The van der Waals surface area contributed by atoms with E-state index in [1.807, 2.05) is 36.7 Å². The highest BCUT2D eigenvalue weighted by Crippen LogP contribution is 2.41. The van der Waals surface area contributed by atoms with E-state index in [4.69, 9.17) is 18.8 Å². The first-order valence-electron chi connectivity index (χ1n) is 12.8. The lowest BCUT2D eigenvalue weighted by molar-refractivity contribution is 0.667. The van der Waals surface area contributed by atoms with Gasteiger partial charge in [-0.3, -0.25) is 9.97 Å². The van der Waals surface area contributed by atoms with Gasteiger partial charge in [0, 0.05) is 65.2 Å². The molecule has 0 saturated carbocycles. The molecule has 0 fully saturated rings. The molecule has 9 aromatic rings. The van der Waals surface area contributed by atoms with E-state index >= 15 is 0 Å². The number of thiophene rings is 1. The number of fused-ring (bicyclic) bond motifs is 9. The standard InChI is InChI=1S/C34H18N2O2S/c1-3-7-26-21(5-1)24-13-15-36-33(34(24)38-26)20-10-12-23-22-11-9-19(17-27(22)37-28(23)18-20)32-31-25-6-2-4-8-29(25)39-30(31)14-16-35-32/h1-18H. The summed E-state index contributed by atoms with van der Waals surface area (Å²) < 4.78 is 15.2. The molecule has 0 bridgehead atoms. The fourth-order valence-corrected chi connectivity index (χ4v) is 6.92. The van der Waals surface area contributed by atoms with Gasteiger partial charge in [0.15, 0.2) is 5.58 Å². The van der Waals surface area contributed by atoms with Crippen molar-refractivity contribution in [2.24, 2.45) is 0 Å². The van der Waals surface area contributed by atoms with Crippen molar-refractivity contribution in [2.75, 3.05) is 0 Å². The molecule has 9 rings (SSSR count). The molecule has 5 aromatic heterocycles. The van der Waals surface area contributed by atoms with Crippen LogP contribution in [0.25, 0.3) is 86.6 Å². The summed E-state index contributed by atoms with van der Waals surface area (Å²) >= 11 is 1.80. The first kappa shape index (κ1) is 21.0. The molecule has 4 nitrogen and oxygen atoms in total. The third kappa shape index (κ3) is 2.99. The zero-order valence-electron chi connectivity index (χ0n) is 20.5. The average Bonchev–Trinajstić information content (AvgIpc) is 3.67. The highest BCUT2D eigenvalue weighted by Gasteiger charge is 2.17. The van der Waals surface area contributed by atoms with Crippen molar-refractivity contribution in [1.82, 2.24) is 9.97 Å². The molecule has 0 saturated heterocycles. The van der Waals surface area contributed by atoms with E-state index in [-0.39, 0.29) is 0 Å². The summed E-state index contributed by atoms with van der Waals surface area (Å²) in [5.74, 6) is 0. The van der Waals surface area contributed by atoms with Gasteiger partial charge in [-0.05, 0) is 48.5 Å². The Labute approximate surface area is 225 Å². The second-order valence-electron chi connectivity index (χ2n) is 9.79. The summed E-state index contributed by atoms with van der Waals surface area (Å²) in [6.45, 7) is 0. The molecule has 0 amide bonds. The van der Waals surface area contributed by atoms with Gasteiger partial charge in [-0.25, -0.2) is 0 Å². The Bertz CT molecular complexity index is 2410. The number of benzene rings is 4. The largest absolute Gasteiger partial charge is 0.456 e. The predicted octanol–water partition coefficient (Wildman–Crippen LogP) is 9.98. The lowest BCUT2D eigenvalue weighted by Gasteiger charge is -2.04. The van der Waals surface area contributed by atoms with Gasteiger partial charge in [-0.15, -0.1) is 11.3 Å². The minimum absolute atomic E-state index is 0.790. The molecule has 39 heavy (non-hydrogen) atoms.